The molecule has 2 aromatic carbocycles. The lowest BCUT2D eigenvalue weighted by Gasteiger charge is -2.25. The first-order valence-electron chi connectivity index (χ1n) is 7.66. The number of allylic oxidation sites excluding steroid dienone is 4. The smallest absolute Gasteiger partial charge is 0.0143 e. The van der Waals surface area contributed by atoms with E-state index >= 15 is 0 Å². The summed E-state index contributed by atoms with van der Waals surface area (Å²) in [5.74, 6) is 0. The lowest BCUT2D eigenvalue weighted by molar-refractivity contribution is 0.831. The van der Waals surface area contributed by atoms with Crippen LogP contribution in [-0.2, 0) is 6.42 Å². The van der Waals surface area contributed by atoms with Gasteiger partial charge >= 0.3 is 0 Å². The Balaban J connectivity index is 2.02. The van der Waals surface area contributed by atoms with Gasteiger partial charge in [0.05, 0.1) is 0 Å². The Morgan fingerprint density at radius 3 is 2.65 bits per heavy atom. The van der Waals surface area contributed by atoms with Crippen molar-refractivity contribution in [2.45, 2.75) is 39.5 Å². The highest BCUT2D eigenvalue weighted by Gasteiger charge is 2.20. The van der Waals surface area contributed by atoms with E-state index in [0.29, 0.717) is 0 Å². The molecule has 0 radical (unpaired) electrons. The molecule has 0 heteroatoms. The molecular formula is C20H20. The van der Waals surface area contributed by atoms with E-state index in [1.165, 1.54) is 58.7 Å². The Labute approximate surface area is 120 Å². The summed E-state index contributed by atoms with van der Waals surface area (Å²) in [7, 11) is 0. The van der Waals surface area contributed by atoms with Gasteiger partial charge in [0.25, 0.3) is 0 Å². The maximum Gasteiger partial charge on any atom is -0.0143 e. The minimum Gasteiger partial charge on any atom is -0.0836 e. The highest BCUT2D eigenvalue weighted by Crippen LogP contribution is 2.40. The normalized spacial score (nSPS) is 17.3. The minimum absolute atomic E-state index is 1.21. The van der Waals surface area contributed by atoms with E-state index in [-0.39, 0.29) is 0 Å². The number of fused-ring (bicyclic) bond motifs is 4. The van der Waals surface area contributed by atoms with Gasteiger partial charge in [-0.3, -0.25) is 0 Å². The number of hydrogen-bond donors (Lipinski definition) is 0. The third-order valence-corrected chi connectivity index (χ3v) is 4.99. The van der Waals surface area contributed by atoms with Crippen LogP contribution in [0, 0.1) is 13.8 Å². The summed E-state index contributed by atoms with van der Waals surface area (Å²) < 4.78 is 0. The first-order chi connectivity index (χ1) is 9.74. The van der Waals surface area contributed by atoms with Crippen LogP contribution in [0.1, 0.15) is 41.5 Å². The summed E-state index contributed by atoms with van der Waals surface area (Å²) in [4.78, 5) is 0. The molecule has 2 aliphatic carbocycles. The van der Waals surface area contributed by atoms with Gasteiger partial charge < -0.3 is 0 Å². The van der Waals surface area contributed by atoms with E-state index in [0.717, 1.165) is 0 Å². The molecule has 20 heavy (non-hydrogen) atoms. The van der Waals surface area contributed by atoms with Gasteiger partial charge in [-0.1, -0.05) is 42.0 Å². The second-order valence-corrected chi connectivity index (χ2v) is 6.21. The van der Waals surface area contributed by atoms with Crippen LogP contribution in [0.15, 0.2) is 42.0 Å². The molecule has 0 N–H and O–H groups in total. The molecule has 0 bridgehead atoms. The second kappa shape index (κ2) is 4.34. The molecule has 0 amide bonds. The van der Waals surface area contributed by atoms with Gasteiger partial charge in [0.2, 0.25) is 0 Å². The highest BCUT2D eigenvalue weighted by molar-refractivity contribution is 5.94. The van der Waals surface area contributed by atoms with Crippen LogP contribution in [0.4, 0.5) is 0 Å². The highest BCUT2D eigenvalue weighted by atomic mass is 14.2. The molecule has 0 spiro atoms. The molecule has 0 fully saturated rings. The van der Waals surface area contributed by atoms with Crippen LogP contribution in [0.3, 0.4) is 0 Å². The van der Waals surface area contributed by atoms with Gasteiger partial charge in [0.1, 0.15) is 0 Å². The summed E-state index contributed by atoms with van der Waals surface area (Å²) in [5, 5.41) is 2.87. The maximum atomic E-state index is 2.39. The molecule has 0 atom stereocenters. The van der Waals surface area contributed by atoms with Crippen molar-refractivity contribution in [2.24, 2.45) is 0 Å². The summed E-state index contributed by atoms with van der Waals surface area (Å²) in [6.07, 6.45) is 9.62. The summed E-state index contributed by atoms with van der Waals surface area (Å²) >= 11 is 0. The van der Waals surface area contributed by atoms with E-state index in [9.17, 15) is 0 Å². The molecule has 0 unspecified atom stereocenters. The first-order valence-corrected chi connectivity index (χ1v) is 7.66. The number of rotatable bonds is 0. The zero-order chi connectivity index (χ0) is 13.7. The lowest BCUT2D eigenvalue weighted by atomic mass is 9.79. The number of aryl methyl sites for hydroxylation is 3. The molecule has 0 saturated heterocycles. The van der Waals surface area contributed by atoms with Gasteiger partial charge in [-0.2, -0.15) is 0 Å². The van der Waals surface area contributed by atoms with Crippen molar-refractivity contribution in [2.75, 3.05) is 0 Å². The standard InChI is InChI=1S/C20H20/c1-13-11-16-8-10-18-17-6-4-3-5-15(17)7-9-19(18)20(16)12-14(13)2/h4,6,8,10-12H,3,5,7,9H2,1-2H3. The quantitative estimate of drug-likeness (QED) is 0.586. The maximum absolute atomic E-state index is 2.39. The number of benzene rings is 2. The van der Waals surface area contributed by atoms with E-state index in [1.54, 1.807) is 11.1 Å². The summed E-state index contributed by atoms with van der Waals surface area (Å²) in [6, 6.07) is 9.38. The third kappa shape index (κ3) is 1.67. The van der Waals surface area contributed by atoms with Crippen molar-refractivity contribution < 1.29 is 0 Å². The zero-order valence-electron chi connectivity index (χ0n) is 12.3. The van der Waals surface area contributed by atoms with Crippen molar-refractivity contribution in [1.82, 2.24) is 0 Å². The van der Waals surface area contributed by atoms with E-state index in [4.69, 9.17) is 0 Å². The van der Waals surface area contributed by atoms with Crippen LogP contribution >= 0.6 is 0 Å². The Morgan fingerprint density at radius 1 is 0.900 bits per heavy atom. The van der Waals surface area contributed by atoms with Crippen LogP contribution in [0.2, 0.25) is 0 Å². The fraction of sp³-hybridized carbons (Fsp3) is 0.300. The van der Waals surface area contributed by atoms with Gasteiger partial charge in [0, 0.05) is 0 Å². The van der Waals surface area contributed by atoms with Crippen molar-refractivity contribution in [1.29, 1.82) is 0 Å². The van der Waals surface area contributed by atoms with E-state index in [1.807, 2.05) is 0 Å². The Kier molecular flexibility index (Phi) is 2.60. The van der Waals surface area contributed by atoms with E-state index < -0.39 is 0 Å². The van der Waals surface area contributed by atoms with Gasteiger partial charge in [-0.25, -0.2) is 0 Å². The fourth-order valence-electron chi connectivity index (χ4n) is 3.71. The van der Waals surface area contributed by atoms with Gasteiger partial charge in [-0.15, -0.1) is 0 Å². The Bertz CT molecular complexity index is 772. The van der Waals surface area contributed by atoms with Crippen LogP contribution < -0.4 is 0 Å². The predicted molar refractivity (Wildman–Crippen MR) is 87.0 cm³/mol. The molecule has 0 heterocycles. The Morgan fingerprint density at radius 2 is 1.75 bits per heavy atom. The average Bonchev–Trinajstić information content (AvgIpc) is 2.48. The minimum atomic E-state index is 1.21. The zero-order valence-corrected chi connectivity index (χ0v) is 12.3. The molecule has 0 aliphatic heterocycles. The van der Waals surface area contributed by atoms with Crippen LogP contribution in [0.5, 0.6) is 0 Å². The molecule has 2 aliphatic rings. The van der Waals surface area contributed by atoms with Crippen molar-refractivity contribution in [3.05, 3.63) is 64.2 Å². The third-order valence-electron chi connectivity index (χ3n) is 4.99. The Hall–Kier alpha value is -1.82. The average molecular weight is 260 g/mol. The molecular weight excluding hydrogens is 240 g/mol. The van der Waals surface area contributed by atoms with Gasteiger partial charge in [-0.05, 0) is 78.1 Å². The summed E-state index contributed by atoms with van der Waals surface area (Å²) in [5.41, 5.74) is 9.03. The predicted octanol–water partition coefficient (Wildman–Crippen LogP) is 5.51. The topological polar surface area (TPSA) is 0 Å². The van der Waals surface area contributed by atoms with Crippen molar-refractivity contribution >= 4 is 16.3 Å². The molecule has 2 aromatic rings. The largest absolute Gasteiger partial charge is 0.0836 e. The monoisotopic (exact) mass is 260 g/mol. The van der Waals surface area contributed by atoms with Crippen molar-refractivity contribution in [3.8, 4) is 0 Å². The fourth-order valence-corrected chi connectivity index (χ4v) is 3.71. The number of hydrogen-bond acceptors (Lipinski definition) is 0. The molecule has 0 nitrogen and oxygen atoms in total. The molecule has 0 saturated carbocycles. The van der Waals surface area contributed by atoms with Gasteiger partial charge in [0.15, 0.2) is 0 Å². The second-order valence-electron chi connectivity index (χ2n) is 6.21. The summed E-state index contributed by atoms with van der Waals surface area (Å²) in [6.45, 7) is 4.43. The van der Waals surface area contributed by atoms with Crippen LogP contribution in [-0.4, -0.2) is 0 Å². The molecule has 100 valence electrons. The molecule has 4 rings (SSSR count). The van der Waals surface area contributed by atoms with Crippen molar-refractivity contribution in [3.63, 3.8) is 0 Å². The molecule has 0 aromatic heterocycles. The van der Waals surface area contributed by atoms with Crippen LogP contribution in [0.25, 0.3) is 16.3 Å². The lowest BCUT2D eigenvalue weighted by Crippen LogP contribution is -2.07. The van der Waals surface area contributed by atoms with E-state index in [2.05, 4.69) is 50.3 Å². The SMILES string of the molecule is Cc1cc2ccc3c(c2cc1C)CCC1=C3C=CCC1. The first kappa shape index (κ1) is 12.0.